The van der Waals surface area contributed by atoms with Crippen LogP contribution in [0.4, 0.5) is 4.39 Å². The second-order valence-corrected chi connectivity index (χ2v) is 4.98. The average Bonchev–Trinajstić information content (AvgIpc) is 2.91. The molecule has 0 aliphatic carbocycles. The van der Waals surface area contributed by atoms with Crippen molar-refractivity contribution in [2.24, 2.45) is 0 Å². The summed E-state index contributed by atoms with van der Waals surface area (Å²) >= 11 is 0. The number of nitrogens with one attached hydrogen (secondary N) is 2. The molecule has 0 aliphatic rings. The molecule has 1 aromatic heterocycles. The molecule has 0 fully saturated rings. The van der Waals surface area contributed by atoms with E-state index in [1.54, 1.807) is 31.2 Å². The van der Waals surface area contributed by atoms with Gasteiger partial charge in [0.15, 0.2) is 0 Å². The minimum Gasteiger partial charge on any atom is -0.460 e. The summed E-state index contributed by atoms with van der Waals surface area (Å²) in [5.41, 5.74) is 0.474. The molecular weight excluding hydrogens is 271 g/mol. The molecule has 0 saturated carbocycles. The topological polar surface area (TPSA) is 57.4 Å². The molecule has 0 saturated heterocycles. The van der Waals surface area contributed by atoms with Gasteiger partial charge in [-0.1, -0.05) is 12.1 Å². The zero-order valence-corrected chi connectivity index (χ0v) is 12.1. The number of benzene rings is 1. The Morgan fingerprint density at radius 1 is 1.14 bits per heavy atom. The van der Waals surface area contributed by atoms with Crippen LogP contribution in [-0.2, 0) is 6.54 Å². The fraction of sp³-hybridized carbons (Fsp3) is 0.375. The lowest BCUT2D eigenvalue weighted by atomic mass is 10.1. The summed E-state index contributed by atoms with van der Waals surface area (Å²) in [6.45, 7) is 4.45. The van der Waals surface area contributed by atoms with E-state index < -0.39 is 0 Å². The monoisotopic (exact) mass is 292 g/mol. The highest BCUT2D eigenvalue weighted by Gasteiger charge is 2.08. The summed E-state index contributed by atoms with van der Waals surface area (Å²) in [4.78, 5) is 0. The summed E-state index contributed by atoms with van der Waals surface area (Å²) in [7, 11) is 0. The van der Waals surface area contributed by atoms with Crippen LogP contribution in [0, 0.1) is 5.82 Å². The molecule has 1 atom stereocenters. The highest BCUT2D eigenvalue weighted by molar-refractivity contribution is 5.58. The number of halogens is 1. The Morgan fingerprint density at radius 2 is 1.90 bits per heavy atom. The molecule has 0 aliphatic heterocycles. The van der Waals surface area contributed by atoms with Crippen molar-refractivity contribution in [3.8, 4) is 11.3 Å². The number of aliphatic hydroxyl groups excluding tert-OH is 1. The summed E-state index contributed by atoms with van der Waals surface area (Å²) < 4.78 is 19.3. The van der Waals surface area contributed by atoms with E-state index in [1.165, 1.54) is 6.07 Å². The van der Waals surface area contributed by atoms with E-state index >= 15 is 0 Å². The molecule has 2 rings (SSSR count). The van der Waals surface area contributed by atoms with Crippen molar-refractivity contribution in [3.63, 3.8) is 0 Å². The van der Waals surface area contributed by atoms with Crippen molar-refractivity contribution < 1.29 is 13.9 Å². The van der Waals surface area contributed by atoms with Crippen LogP contribution >= 0.6 is 0 Å². The van der Waals surface area contributed by atoms with E-state index in [1.807, 2.05) is 6.07 Å². The van der Waals surface area contributed by atoms with Crippen LogP contribution in [0.15, 0.2) is 40.8 Å². The highest BCUT2D eigenvalue weighted by atomic mass is 19.1. The first-order valence-electron chi connectivity index (χ1n) is 7.10. The van der Waals surface area contributed by atoms with Crippen LogP contribution in [0.5, 0.6) is 0 Å². The summed E-state index contributed by atoms with van der Waals surface area (Å²) in [6.07, 6.45) is -0.335. The standard InChI is InChI=1S/C16H21FN2O2/c1-12(20)10-18-8-9-19-11-13-6-7-16(21-13)14-4-2-3-5-15(14)17/h2-7,12,18-20H,8-11H2,1H3/t12-/m0/s1. The smallest absolute Gasteiger partial charge is 0.137 e. The summed E-state index contributed by atoms with van der Waals surface area (Å²) in [5, 5.41) is 15.4. The van der Waals surface area contributed by atoms with Crippen molar-refractivity contribution in [1.82, 2.24) is 10.6 Å². The van der Waals surface area contributed by atoms with Gasteiger partial charge in [-0.3, -0.25) is 0 Å². The Hall–Kier alpha value is -1.69. The summed E-state index contributed by atoms with van der Waals surface area (Å²) in [5.74, 6) is 1.02. The minimum atomic E-state index is -0.335. The lowest BCUT2D eigenvalue weighted by Gasteiger charge is -2.07. The zero-order valence-electron chi connectivity index (χ0n) is 12.1. The van der Waals surface area contributed by atoms with Gasteiger partial charge in [0.25, 0.3) is 0 Å². The normalized spacial score (nSPS) is 12.5. The predicted molar refractivity (Wildman–Crippen MR) is 80.4 cm³/mol. The van der Waals surface area contributed by atoms with E-state index in [9.17, 15) is 4.39 Å². The van der Waals surface area contributed by atoms with E-state index in [0.717, 1.165) is 18.8 Å². The lowest BCUT2D eigenvalue weighted by Crippen LogP contribution is -2.31. The third-order valence-electron chi connectivity index (χ3n) is 3.02. The van der Waals surface area contributed by atoms with Crippen molar-refractivity contribution in [2.45, 2.75) is 19.6 Å². The predicted octanol–water partition coefficient (Wildman–Crippen LogP) is 2.15. The molecule has 3 N–H and O–H groups in total. The van der Waals surface area contributed by atoms with Crippen LogP contribution in [0.25, 0.3) is 11.3 Å². The number of furan rings is 1. The van der Waals surface area contributed by atoms with E-state index in [0.29, 0.717) is 24.4 Å². The van der Waals surface area contributed by atoms with E-state index in [2.05, 4.69) is 10.6 Å². The van der Waals surface area contributed by atoms with Crippen LogP contribution in [0.1, 0.15) is 12.7 Å². The van der Waals surface area contributed by atoms with Gasteiger partial charge in [-0.15, -0.1) is 0 Å². The fourth-order valence-electron chi connectivity index (χ4n) is 1.98. The quantitative estimate of drug-likeness (QED) is 0.653. The Labute approximate surface area is 124 Å². The number of hydrogen-bond donors (Lipinski definition) is 3. The van der Waals surface area contributed by atoms with Gasteiger partial charge in [-0.2, -0.15) is 0 Å². The largest absolute Gasteiger partial charge is 0.460 e. The maximum absolute atomic E-state index is 13.6. The van der Waals surface area contributed by atoms with Gasteiger partial charge < -0.3 is 20.2 Å². The van der Waals surface area contributed by atoms with Crippen molar-refractivity contribution in [2.75, 3.05) is 19.6 Å². The third kappa shape index (κ3) is 4.97. The number of hydrogen-bond acceptors (Lipinski definition) is 4. The van der Waals surface area contributed by atoms with Crippen molar-refractivity contribution >= 4 is 0 Å². The second kappa shape index (κ2) is 7.93. The number of rotatable bonds is 8. The third-order valence-corrected chi connectivity index (χ3v) is 3.02. The molecule has 1 heterocycles. The molecule has 2 aromatic rings. The van der Waals surface area contributed by atoms with Gasteiger partial charge in [0, 0.05) is 19.6 Å². The van der Waals surface area contributed by atoms with Crippen molar-refractivity contribution in [1.29, 1.82) is 0 Å². The van der Waals surface area contributed by atoms with E-state index in [-0.39, 0.29) is 11.9 Å². The van der Waals surface area contributed by atoms with Crippen LogP contribution in [-0.4, -0.2) is 30.8 Å². The highest BCUT2D eigenvalue weighted by Crippen LogP contribution is 2.24. The SMILES string of the molecule is C[C@H](O)CNCCNCc1ccc(-c2ccccc2F)o1. The van der Waals surface area contributed by atoms with Crippen molar-refractivity contribution in [3.05, 3.63) is 48.0 Å². The Bertz CT molecular complexity index is 555. The first kappa shape index (κ1) is 15.7. The lowest BCUT2D eigenvalue weighted by molar-refractivity contribution is 0.191. The molecule has 1 aromatic carbocycles. The average molecular weight is 292 g/mol. The van der Waals surface area contributed by atoms with Gasteiger partial charge in [-0.25, -0.2) is 4.39 Å². The zero-order chi connectivity index (χ0) is 15.1. The Balaban J connectivity index is 1.78. The van der Waals surface area contributed by atoms with Gasteiger partial charge in [0.05, 0.1) is 18.2 Å². The molecule has 5 heteroatoms. The molecule has 0 spiro atoms. The molecule has 4 nitrogen and oxygen atoms in total. The summed E-state index contributed by atoms with van der Waals surface area (Å²) in [6, 6.07) is 10.2. The molecule has 0 unspecified atom stereocenters. The molecule has 0 radical (unpaired) electrons. The van der Waals surface area contributed by atoms with Gasteiger partial charge in [0.1, 0.15) is 17.3 Å². The second-order valence-electron chi connectivity index (χ2n) is 4.98. The van der Waals surface area contributed by atoms with Crippen LogP contribution < -0.4 is 10.6 Å². The Morgan fingerprint density at radius 3 is 2.67 bits per heavy atom. The Kier molecular flexibility index (Phi) is 5.92. The molecule has 0 bridgehead atoms. The first-order chi connectivity index (χ1) is 10.2. The van der Waals surface area contributed by atoms with Gasteiger partial charge in [0.2, 0.25) is 0 Å². The van der Waals surface area contributed by atoms with Gasteiger partial charge in [-0.05, 0) is 31.2 Å². The molecule has 21 heavy (non-hydrogen) atoms. The van der Waals surface area contributed by atoms with Gasteiger partial charge >= 0.3 is 0 Å². The molecular formula is C16H21FN2O2. The molecule has 0 amide bonds. The molecule has 114 valence electrons. The first-order valence-corrected chi connectivity index (χ1v) is 7.10. The van der Waals surface area contributed by atoms with E-state index in [4.69, 9.17) is 9.52 Å². The van der Waals surface area contributed by atoms with Crippen LogP contribution in [0.3, 0.4) is 0 Å². The maximum atomic E-state index is 13.6. The van der Waals surface area contributed by atoms with Crippen LogP contribution in [0.2, 0.25) is 0 Å². The minimum absolute atomic E-state index is 0.284. The maximum Gasteiger partial charge on any atom is 0.137 e. The fourth-order valence-corrected chi connectivity index (χ4v) is 1.98. The number of aliphatic hydroxyl groups is 1.